The van der Waals surface area contributed by atoms with Gasteiger partial charge in [-0.15, -0.1) is 11.3 Å². The van der Waals surface area contributed by atoms with Gasteiger partial charge in [0.2, 0.25) is 0 Å². The molecule has 0 bridgehead atoms. The molecule has 3 aromatic rings. The van der Waals surface area contributed by atoms with Gasteiger partial charge in [-0.1, -0.05) is 17.7 Å². The summed E-state index contributed by atoms with van der Waals surface area (Å²) in [5.41, 5.74) is 8.30. The topological polar surface area (TPSA) is 56.7 Å². The number of nitrogens with two attached hydrogens (primary N) is 1. The largest absolute Gasteiger partial charge is 0.375 e. The van der Waals surface area contributed by atoms with Gasteiger partial charge in [0.1, 0.15) is 5.69 Å². The fourth-order valence-electron chi connectivity index (χ4n) is 2.04. The minimum Gasteiger partial charge on any atom is -0.375 e. The second-order valence-electron chi connectivity index (χ2n) is 3.86. The Balaban J connectivity index is 2.33. The average Bonchev–Trinajstić information content (AvgIpc) is 2.92. The molecule has 0 saturated carbocycles. The minimum atomic E-state index is 0.547. The van der Waals surface area contributed by atoms with Crippen molar-refractivity contribution in [1.82, 2.24) is 14.5 Å². The highest BCUT2D eigenvalue weighted by Gasteiger charge is 2.15. The fourth-order valence-corrected chi connectivity index (χ4v) is 2.85. The normalized spacial score (nSPS) is 11.2. The third-order valence-corrected chi connectivity index (χ3v) is 3.76. The molecular weight excluding hydrogens is 268 g/mol. The third-order valence-electron chi connectivity index (χ3n) is 2.78. The first-order chi connectivity index (χ1) is 8.70. The first-order valence-electron chi connectivity index (χ1n) is 5.57. The molecule has 2 aromatic heterocycles. The van der Waals surface area contributed by atoms with E-state index in [4.69, 9.17) is 17.3 Å². The van der Waals surface area contributed by atoms with Crippen LogP contribution < -0.4 is 5.73 Å². The maximum atomic E-state index is 6.24. The number of aromatic nitrogens is 3. The van der Waals surface area contributed by atoms with Crippen molar-refractivity contribution in [1.29, 1.82) is 0 Å². The minimum absolute atomic E-state index is 0.547. The van der Waals surface area contributed by atoms with Gasteiger partial charge in [0, 0.05) is 11.9 Å². The number of anilines is 1. The number of para-hydroxylation sites is 1. The van der Waals surface area contributed by atoms with Gasteiger partial charge in [0.05, 0.1) is 16.1 Å². The van der Waals surface area contributed by atoms with Crippen molar-refractivity contribution in [3.63, 3.8) is 0 Å². The highest BCUT2D eigenvalue weighted by molar-refractivity contribution is 7.13. The van der Waals surface area contributed by atoms with Gasteiger partial charge >= 0.3 is 0 Å². The van der Waals surface area contributed by atoms with Crippen molar-refractivity contribution in [3.8, 4) is 11.5 Å². The van der Waals surface area contributed by atoms with Gasteiger partial charge in [-0.2, -0.15) is 0 Å². The van der Waals surface area contributed by atoms with Crippen molar-refractivity contribution in [2.24, 2.45) is 0 Å². The highest BCUT2D eigenvalue weighted by atomic mass is 35.5. The number of nitrogen functional groups attached to an aromatic ring is 1. The Morgan fingerprint density at radius 2 is 2.22 bits per heavy atom. The van der Waals surface area contributed by atoms with Crippen LogP contribution in [0.5, 0.6) is 0 Å². The van der Waals surface area contributed by atoms with Crippen LogP contribution in [0.25, 0.3) is 22.6 Å². The molecule has 4 nitrogen and oxygen atoms in total. The molecule has 2 heterocycles. The molecule has 0 spiro atoms. The summed E-state index contributed by atoms with van der Waals surface area (Å²) in [6.07, 6.45) is 0. The Kier molecular flexibility index (Phi) is 2.72. The van der Waals surface area contributed by atoms with E-state index < -0.39 is 0 Å². The Labute approximate surface area is 113 Å². The number of fused-ring (bicyclic) bond motifs is 1. The van der Waals surface area contributed by atoms with E-state index in [1.54, 1.807) is 0 Å². The lowest BCUT2D eigenvalue weighted by Gasteiger charge is -2.04. The maximum Gasteiger partial charge on any atom is 0.180 e. The summed E-state index contributed by atoms with van der Waals surface area (Å²) >= 11 is 7.66. The van der Waals surface area contributed by atoms with Gasteiger partial charge in [0.25, 0.3) is 0 Å². The molecule has 1 aromatic carbocycles. The Bertz CT molecular complexity index is 716. The van der Waals surface area contributed by atoms with E-state index in [9.17, 15) is 0 Å². The summed E-state index contributed by atoms with van der Waals surface area (Å²) in [7, 11) is 0. The van der Waals surface area contributed by atoms with Crippen LogP contribution in [0.4, 0.5) is 5.13 Å². The lowest BCUT2D eigenvalue weighted by atomic mass is 10.3. The zero-order chi connectivity index (χ0) is 12.7. The molecule has 0 aliphatic carbocycles. The van der Waals surface area contributed by atoms with Crippen LogP contribution in [0, 0.1) is 0 Å². The Hall–Kier alpha value is -1.59. The molecule has 18 heavy (non-hydrogen) atoms. The molecule has 92 valence electrons. The van der Waals surface area contributed by atoms with E-state index in [-0.39, 0.29) is 0 Å². The number of rotatable bonds is 2. The quantitative estimate of drug-likeness (QED) is 0.781. The number of thiazole rings is 1. The van der Waals surface area contributed by atoms with Crippen LogP contribution in [0.1, 0.15) is 6.92 Å². The molecule has 0 aliphatic rings. The number of imidazole rings is 1. The molecule has 0 fully saturated rings. The summed E-state index contributed by atoms with van der Waals surface area (Å²) < 4.78 is 2.06. The van der Waals surface area contributed by atoms with Gasteiger partial charge < -0.3 is 10.3 Å². The Morgan fingerprint density at radius 1 is 1.39 bits per heavy atom. The van der Waals surface area contributed by atoms with E-state index in [0.29, 0.717) is 10.2 Å². The zero-order valence-electron chi connectivity index (χ0n) is 9.72. The van der Waals surface area contributed by atoms with Crippen LogP contribution in [0.3, 0.4) is 0 Å². The van der Waals surface area contributed by atoms with Crippen LogP contribution in [-0.2, 0) is 6.54 Å². The lowest BCUT2D eigenvalue weighted by molar-refractivity contribution is 0.794. The highest BCUT2D eigenvalue weighted by Crippen LogP contribution is 2.30. The van der Waals surface area contributed by atoms with E-state index in [0.717, 1.165) is 29.1 Å². The van der Waals surface area contributed by atoms with E-state index in [1.165, 1.54) is 11.3 Å². The summed E-state index contributed by atoms with van der Waals surface area (Å²) in [4.78, 5) is 8.88. The van der Waals surface area contributed by atoms with E-state index >= 15 is 0 Å². The van der Waals surface area contributed by atoms with Crippen molar-refractivity contribution in [3.05, 3.63) is 28.6 Å². The lowest BCUT2D eigenvalue weighted by Crippen LogP contribution is -1.98. The second-order valence-corrected chi connectivity index (χ2v) is 5.16. The fraction of sp³-hybridized carbons (Fsp3) is 0.167. The van der Waals surface area contributed by atoms with Gasteiger partial charge in [-0.3, -0.25) is 0 Å². The Morgan fingerprint density at radius 3 is 2.89 bits per heavy atom. The molecule has 0 atom stereocenters. The summed E-state index contributed by atoms with van der Waals surface area (Å²) in [5.74, 6) is 0.813. The molecule has 2 N–H and O–H groups in total. The van der Waals surface area contributed by atoms with Crippen LogP contribution in [0.15, 0.2) is 23.6 Å². The molecule has 6 heteroatoms. The number of hydrogen-bond acceptors (Lipinski definition) is 4. The van der Waals surface area contributed by atoms with Crippen LogP contribution in [-0.4, -0.2) is 14.5 Å². The number of benzene rings is 1. The summed E-state index contributed by atoms with van der Waals surface area (Å²) in [6, 6.07) is 5.72. The molecule has 0 saturated heterocycles. The van der Waals surface area contributed by atoms with Gasteiger partial charge in [0.15, 0.2) is 11.0 Å². The zero-order valence-corrected chi connectivity index (χ0v) is 11.3. The maximum absolute atomic E-state index is 6.24. The smallest absolute Gasteiger partial charge is 0.180 e. The number of nitrogens with zero attached hydrogens (tertiary/aromatic N) is 3. The first kappa shape index (κ1) is 11.5. The number of aryl methyl sites for hydroxylation is 1. The van der Waals surface area contributed by atoms with Gasteiger partial charge in [-0.05, 0) is 19.1 Å². The molecule has 0 radical (unpaired) electrons. The van der Waals surface area contributed by atoms with Crippen molar-refractivity contribution < 1.29 is 0 Å². The third kappa shape index (κ3) is 1.67. The molecule has 3 rings (SSSR count). The monoisotopic (exact) mass is 278 g/mol. The SMILES string of the molecule is CCn1c(-c2csc(N)n2)nc2cccc(Cl)c21. The van der Waals surface area contributed by atoms with E-state index in [2.05, 4.69) is 21.5 Å². The van der Waals surface area contributed by atoms with Crippen molar-refractivity contribution in [2.45, 2.75) is 13.5 Å². The predicted molar refractivity (Wildman–Crippen MR) is 75.9 cm³/mol. The molecule has 0 aliphatic heterocycles. The second kappa shape index (κ2) is 4.26. The number of hydrogen-bond donors (Lipinski definition) is 1. The molecule has 0 unspecified atom stereocenters. The summed E-state index contributed by atoms with van der Waals surface area (Å²) in [5, 5.41) is 3.17. The molecule has 0 amide bonds. The standard InChI is InChI=1S/C12H11ClN4S/c1-2-17-10-7(13)4-3-5-8(10)15-11(17)9-6-18-12(14)16-9/h3-6H,2H2,1H3,(H2,14,16). The van der Waals surface area contributed by atoms with E-state index in [1.807, 2.05) is 23.6 Å². The average molecular weight is 279 g/mol. The van der Waals surface area contributed by atoms with Gasteiger partial charge in [-0.25, -0.2) is 9.97 Å². The first-order valence-corrected chi connectivity index (χ1v) is 6.82. The predicted octanol–water partition coefficient (Wildman–Crippen LogP) is 3.42. The molecular formula is C12H11ClN4S. The van der Waals surface area contributed by atoms with Crippen molar-refractivity contribution >= 4 is 39.1 Å². The van der Waals surface area contributed by atoms with Crippen LogP contribution >= 0.6 is 22.9 Å². The van der Waals surface area contributed by atoms with Crippen LogP contribution in [0.2, 0.25) is 5.02 Å². The number of halogens is 1. The van der Waals surface area contributed by atoms with Crippen molar-refractivity contribution in [2.75, 3.05) is 5.73 Å². The summed E-state index contributed by atoms with van der Waals surface area (Å²) in [6.45, 7) is 2.84.